The second-order valence-electron chi connectivity index (χ2n) is 5.94. The lowest BCUT2D eigenvalue weighted by molar-refractivity contribution is 0.214. The molecule has 0 saturated heterocycles. The smallest absolute Gasteiger partial charge is 0.319 e. The van der Waals surface area contributed by atoms with Gasteiger partial charge in [0.05, 0.1) is 23.9 Å². The molecule has 3 N–H and O–H groups in total. The van der Waals surface area contributed by atoms with Gasteiger partial charge in [0, 0.05) is 11.1 Å². The monoisotopic (exact) mass is 301 g/mol. The van der Waals surface area contributed by atoms with E-state index in [2.05, 4.69) is 29.5 Å². The fourth-order valence-electron chi connectivity index (χ4n) is 2.44. The molecule has 1 atom stereocenters. The van der Waals surface area contributed by atoms with Crippen LogP contribution >= 0.6 is 0 Å². The molecule has 1 unspecified atom stereocenters. The average molecular weight is 301 g/mol. The number of aliphatic hydroxyl groups excluding tert-OH is 1. The number of amides is 2. The number of anilines is 1. The maximum absolute atomic E-state index is 12.1. The summed E-state index contributed by atoms with van der Waals surface area (Å²) < 4.78 is 0. The summed E-state index contributed by atoms with van der Waals surface area (Å²) in [6.45, 7) is 5.96. The predicted molar refractivity (Wildman–Crippen MR) is 89.0 cm³/mol. The molecule has 0 fully saturated rings. The van der Waals surface area contributed by atoms with Crippen molar-refractivity contribution in [2.75, 3.05) is 11.9 Å². The number of nitrogens with one attached hydrogen (secondary N) is 2. The van der Waals surface area contributed by atoms with Crippen molar-refractivity contribution in [3.05, 3.63) is 36.0 Å². The second-order valence-corrected chi connectivity index (χ2v) is 5.94. The van der Waals surface area contributed by atoms with Crippen LogP contribution in [0.5, 0.6) is 0 Å². The SMILES string of the molecule is Cc1ccc2cccc(NC(=O)NC(CO)CC(C)C)c2n1. The molecule has 2 aromatic rings. The summed E-state index contributed by atoms with van der Waals surface area (Å²) in [7, 11) is 0. The van der Waals surface area contributed by atoms with E-state index < -0.39 is 0 Å². The van der Waals surface area contributed by atoms with E-state index >= 15 is 0 Å². The Kier molecular flexibility index (Phi) is 5.33. The summed E-state index contributed by atoms with van der Waals surface area (Å²) >= 11 is 0. The lowest BCUT2D eigenvalue weighted by Crippen LogP contribution is -2.41. The lowest BCUT2D eigenvalue weighted by Gasteiger charge is -2.19. The molecule has 2 rings (SSSR count). The minimum absolute atomic E-state index is 0.0709. The van der Waals surface area contributed by atoms with Crippen molar-refractivity contribution in [2.45, 2.75) is 33.2 Å². The molecule has 118 valence electrons. The molecular formula is C17H23N3O2. The fraction of sp³-hybridized carbons (Fsp3) is 0.412. The molecule has 22 heavy (non-hydrogen) atoms. The Balaban J connectivity index is 2.13. The maximum Gasteiger partial charge on any atom is 0.319 e. The predicted octanol–water partition coefficient (Wildman–Crippen LogP) is 3.07. The number of aryl methyl sites for hydroxylation is 1. The molecule has 0 radical (unpaired) electrons. The van der Waals surface area contributed by atoms with Crippen molar-refractivity contribution < 1.29 is 9.90 Å². The van der Waals surface area contributed by atoms with Crippen molar-refractivity contribution in [1.29, 1.82) is 0 Å². The van der Waals surface area contributed by atoms with Crippen LogP contribution in [0.1, 0.15) is 26.0 Å². The van der Waals surface area contributed by atoms with E-state index in [1.807, 2.05) is 37.3 Å². The number of rotatable bonds is 5. The van der Waals surface area contributed by atoms with Gasteiger partial charge in [0.1, 0.15) is 0 Å². The molecule has 1 aromatic carbocycles. The number of carbonyl (C=O) groups is 1. The van der Waals surface area contributed by atoms with Crippen LogP contribution in [0.25, 0.3) is 10.9 Å². The number of para-hydroxylation sites is 1. The number of aromatic nitrogens is 1. The van der Waals surface area contributed by atoms with Gasteiger partial charge in [-0.2, -0.15) is 0 Å². The number of benzene rings is 1. The molecule has 1 heterocycles. The Hall–Kier alpha value is -2.14. The van der Waals surface area contributed by atoms with Gasteiger partial charge in [-0.1, -0.05) is 32.0 Å². The lowest BCUT2D eigenvalue weighted by atomic mass is 10.0. The molecule has 0 spiro atoms. The number of fused-ring (bicyclic) bond motifs is 1. The molecule has 0 aliphatic rings. The Morgan fingerprint density at radius 1 is 1.27 bits per heavy atom. The quantitative estimate of drug-likeness (QED) is 0.794. The van der Waals surface area contributed by atoms with Crippen molar-refractivity contribution in [2.24, 2.45) is 5.92 Å². The van der Waals surface area contributed by atoms with Crippen molar-refractivity contribution in [3.63, 3.8) is 0 Å². The van der Waals surface area contributed by atoms with Crippen LogP contribution in [0.3, 0.4) is 0 Å². The summed E-state index contributed by atoms with van der Waals surface area (Å²) in [5.41, 5.74) is 2.33. The standard InChI is InChI=1S/C17H23N3O2/c1-11(2)9-14(10-21)19-17(22)20-15-6-4-5-13-8-7-12(3)18-16(13)15/h4-8,11,14,21H,9-10H2,1-3H3,(H2,19,20,22). The Morgan fingerprint density at radius 3 is 2.73 bits per heavy atom. The minimum atomic E-state index is -0.324. The van der Waals surface area contributed by atoms with Gasteiger partial charge in [-0.25, -0.2) is 4.79 Å². The molecule has 1 aromatic heterocycles. The number of hydrogen-bond donors (Lipinski definition) is 3. The first-order valence-electron chi connectivity index (χ1n) is 7.54. The molecule has 0 saturated carbocycles. The second kappa shape index (κ2) is 7.22. The Morgan fingerprint density at radius 2 is 2.05 bits per heavy atom. The van der Waals surface area contributed by atoms with E-state index in [0.29, 0.717) is 11.6 Å². The van der Waals surface area contributed by atoms with E-state index in [4.69, 9.17) is 0 Å². The third-order valence-corrected chi connectivity index (χ3v) is 3.42. The van der Waals surface area contributed by atoms with E-state index in [-0.39, 0.29) is 18.7 Å². The maximum atomic E-state index is 12.1. The van der Waals surface area contributed by atoms with E-state index in [9.17, 15) is 9.90 Å². The van der Waals surface area contributed by atoms with Crippen LogP contribution in [-0.4, -0.2) is 28.8 Å². The fourth-order valence-corrected chi connectivity index (χ4v) is 2.44. The molecule has 5 nitrogen and oxygen atoms in total. The van der Waals surface area contributed by atoms with Gasteiger partial charge in [-0.15, -0.1) is 0 Å². The topological polar surface area (TPSA) is 74.2 Å². The number of nitrogens with zero attached hydrogens (tertiary/aromatic N) is 1. The van der Waals surface area contributed by atoms with Crippen molar-refractivity contribution in [3.8, 4) is 0 Å². The summed E-state index contributed by atoms with van der Waals surface area (Å²) in [5.74, 6) is 0.402. The average Bonchev–Trinajstić information content (AvgIpc) is 2.46. The molecule has 0 aliphatic heterocycles. The van der Waals surface area contributed by atoms with Crippen molar-refractivity contribution in [1.82, 2.24) is 10.3 Å². The zero-order valence-corrected chi connectivity index (χ0v) is 13.3. The van der Waals surface area contributed by atoms with Crippen LogP contribution < -0.4 is 10.6 Å². The summed E-state index contributed by atoms with van der Waals surface area (Å²) in [6.07, 6.45) is 0.733. The molecule has 5 heteroatoms. The van der Waals surface area contributed by atoms with Gasteiger partial charge in [0.2, 0.25) is 0 Å². The highest BCUT2D eigenvalue weighted by Crippen LogP contribution is 2.21. The molecule has 2 amide bonds. The number of aliphatic hydroxyl groups is 1. The largest absolute Gasteiger partial charge is 0.394 e. The van der Waals surface area contributed by atoms with Gasteiger partial charge in [0.15, 0.2) is 0 Å². The van der Waals surface area contributed by atoms with Crippen molar-refractivity contribution >= 4 is 22.6 Å². The Bertz CT molecular complexity index is 655. The Labute approximate surface area is 130 Å². The highest BCUT2D eigenvalue weighted by atomic mass is 16.3. The number of carbonyl (C=O) groups excluding carboxylic acids is 1. The first-order chi connectivity index (χ1) is 10.5. The molecule has 0 aliphatic carbocycles. The van der Waals surface area contributed by atoms with Crippen LogP contribution in [-0.2, 0) is 0 Å². The highest BCUT2D eigenvalue weighted by Gasteiger charge is 2.14. The first-order valence-corrected chi connectivity index (χ1v) is 7.54. The number of pyridine rings is 1. The van der Waals surface area contributed by atoms with Gasteiger partial charge >= 0.3 is 6.03 Å². The van der Waals surface area contributed by atoms with Gasteiger partial charge in [-0.3, -0.25) is 4.98 Å². The van der Waals surface area contributed by atoms with E-state index in [1.165, 1.54) is 0 Å². The first kappa shape index (κ1) is 16.2. The normalized spacial score (nSPS) is 12.4. The molecule has 0 bridgehead atoms. The minimum Gasteiger partial charge on any atom is -0.394 e. The van der Waals surface area contributed by atoms with E-state index in [0.717, 1.165) is 23.0 Å². The van der Waals surface area contributed by atoms with Gasteiger partial charge in [0.25, 0.3) is 0 Å². The summed E-state index contributed by atoms with van der Waals surface area (Å²) in [5, 5.41) is 15.9. The van der Waals surface area contributed by atoms with Crippen LogP contribution in [0.4, 0.5) is 10.5 Å². The number of hydrogen-bond acceptors (Lipinski definition) is 3. The van der Waals surface area contributed by atoms with Crippen LogP contribution in [0, 0.1) is 12.8 Å². The third-order valence-electron chi connectivity index (χ3n) is 3.42. The van der Waals surface area contributed by atoms with Gasteiger partial charge < -0.3 is 15.7 Å². The summed E-state index contributed by atoms with van der Waals surface area (Å²) in [4.78, 5) is 16.6. The highest BCUT2D eigenvalue weighted by molar-refractivity contribution is 5.99. The summed E-state index contributed by atoms with van der Waals surface area (Å²) in [6, 6.07) is 9.02. The zero-order valence-electron chi connectivity index (χ0n) is 13.3. The van der Waals surface area contributed by atoms with Gasteiger partial charge in [-0.05, 0) is 31.4 Å². The van der Waals surface area contributed by atoms with Crippen LogP contribution in [0.15, 0.2) is 30.3 Å². The number of urea groups is 1. The third kappa shape index (κ3) is 4.18. The van der Waals surface area contributed by atoms with E-state index in [1.54, 1.807) is 0 Å². The van der Waals surface area contributed by atoms with Crippen LogP contribution in [0.2, 0.25) is 0 Å². The zero-order chi connectivity index (χ0) is 16.1. The molecular weight excluding hydrogens is 278 g/mol.